The van der Waals surface area contributed by atoms with E-state index >= 15 is 0 Å². The Bertz CT molecular complexity index is 1610. The van der Waals surface area contributed by atoms with Crippen molar-refractivity contribution < 1.29 is 9.18 Å². The van der Waals surface area contributed by atoms with Crippen LogP contribution in [0.3, 0.4) is 0 Å². The van der Waals surface area contributed by atoms with E-state index in [1.165, 1.54) is 41.9 Å². The highest BCUT2D eigenvalue weighted by atomic mass is 35.5. The van der Waals surface area contributed by atoms with Crippen molar-refractivity contribution in [3.63, 3.8) is 0 Å². The summed E-state index contributed by atoms with van der Waals surface area (Å²) in [5.41, 5.74) is 1.29. The molecule has 0 saturated heterocycles. The second-order valence-electron chi connectivity index (χ2n) is 7.30. The summed E-state index contributed by atoms with van der Waals surface area (Å²) in [5.74, 6) is -1.08. The normalized spacial score (nSPS) is 11.0. The van der Waals surface area contributed by atoms with E-state index in [4.69, 9.17) is 11.6 Å². The Morgan fingerprint density at radius 2 is 2.03 bits per heavy atom. The number of H-pyrrole nitrogens is 1. The first-order chi connectivity index (χ1) is 16.4. The highest BCUT2D eigenvalue weighted by Gasteiger charge is 2.17. The van der Waals surface area contributed by atoms with E-state index in [-0.39, 0.29) is 11.3 Å². The number of nitrogens with zero attached hydrogens (tertiary/aromatic N) is 4. The number of fused-ring (bicyclic) bond motifs is 1. The number of hydrogen-bond acceptors (Lipinski definition) is 7. The van der Waals surface area contributed by atoms with E-state index in [1.54, 1.807) is 18.5 Å². The van der Waals surface area contributed by atoms with Crippen molar-refractivity contribution in [1.82, 2.24) is 24.1 Å². The minimum Gasteiger partial charge on any atom is -0.329 e. The molecular formula is C22H15ClFN7O2S. The lowest BCUT2D eigenvalue weighted by Gasteiger charge is -2.09. The third-order valence-electron chi connectivity index (χ3n) is 5.03. The molecule has 0 aliphatic carbocycles. The average molecular weight is 496 g/mol. The lowest BCUT2D eigenvalue weighted by atomic mass is 10.2. The summed E-state index contributed by atoms with van der Waals surface area (Å²) >= 11 is 7.56. The number of hydrogen-bond donors (Lipinski definition) is 3. The average Bonchev–Trinajstić information content (AvgIpc) is 3.49. The lowest BCUT2D eigenvalue weighted by molar-refractivity contribution is 0.102. The molecule has 34 heavy (non-hydrogen) atoms. The standard InChI is InChI=1S/C22H15ClFN7O2S/c1-31-10-11(8-17(21(31)33)26-20(32)12-4-2-3-5-14(12)24)19-28-22(34-30-19)27-16-7-6-15-13(18(16)23)9-25-29-15/h2-10H,1H3,(H,25,29)(H,26,32)(H,27,28,30). The van der Waals surface area contributed by atoms with E-state index < -0.39 is 17.3 Å². The zero-order chi connectivity index (χ0) is 23.8. The molecule has 12 heteroatoms. The summed E-state index contributed by atoms with van der Waals surface area (Å²) in [5, 5.41) is 14.2. The van der Waals surface area contributed by atoms with E-state index in [9.17, 15) is 14.0 Å². The van der Waals surface area contributed by atoms with Gasteiger partial charge in [0.2, 0.25) is 5.13 Å². The van der Waals surface area contributed by atoms with Crippen LogP contribution >= 0.6 is 23.1 Å². The van der Waals surface area contributed by atoms with Crippen molar-refractivity contribution >= 4 is 56.4 Å². The van der Waals surface area contributed by atoms with Crippen LogP contribution in [0, 0.1) is 5.82 Å². The minimum absolute atomic E-state index is 0.0222. The SMILES string of the molecule is Cn1cc(-c2nsc(Nc3ccc4[nH]ncc4c3Cl)n2)cc(NC(=O)c2ccccc2F)c1=O. The molecule has 0 spiro atoms. The van der Waals surface area contributed by atoms with Crippen LogP contribution in [0.2, 0.25) is 5.02 Å². The zero-order valence-corrected chi connectivity index (χ0v) is 19.0. The molecule has 5 aromatic rings. The monoisotopic (exact) mass is 495 g/mol. The largest absolute Gasteiger partial charge is 0.329 e. The van der Waals surface area contributed by atoms with E-state index in [0.717, 1.165) is 22.4 Å². The van der Waals surface area contributed by atoms with E-state index in [2.05, 4.69) is 30.2 Å². The topological polar surface area (TPSA) is 118 Å². The molecule has 3 heterocycles. The molecule has 3 N–H and O–H groups in total. The molecule has 5 rings (SSSR count). The molecule has 0 saturated carbocycles. The fourth-order valence-electron chi connectivity index (χ4n) is 3.34. The summed E-state index contributed by atoms with van der Waals surface area (Å²) in [6, 6.07) is 10.6. The molecule has 1 amide bonds. The van der Waals surface area contributed by atoms with Gasteiger partial charge in [0.05, 0.1) is 28.0 Å². The first-order valence-electron chi connectivity index (χ1n) is 9.90. The van der Waals surface area contributed by atoms with Crippen molar-refractivity contribution in [1.29, 1.82) is 0 Å². The third-order valence-corrected chi connectivity index (χ3v) is 6.07. The summed E-state index contributed by atoms with van der Waals surface area (Å²) in [7, 11) is 1.54. The first-order valence-corrected chi connectivity index (χ1v) is 11.0. The zero-order valence-electron chi connectivity index (χ0n) is 17.5. The minimum atomic E-state index is -0.731. The van der Waals surface area contributed by atoms with Gasteiger partial charge in [-0.2, -0.15) is 14.5 Å². The Kier molecular flexibility index (Phi) is 5.56. The van der Waals surface area contributed by atoms with Crippen LogP contribution in [0.4, 0.5) is 20.9 Å². The number of anilines is 3. The highest BCUT2D eigenvalue weighted by Crippen LogP contribution is 2.33. The maximum absolute atomic E-state index is 14.0. The molecule has 0 bridgehead atoms. The molecule has 0 fully saturated rings. The number of amides is 1. The van der Waals surface area contributed by atoms with Crippen LogP contribution in [0.5, 0.6) is 0 Å². The number of halogens is 2. The second kappa shape index (κ2) is 8.69. The maximum Gasteiger partial charge on any atom is 0.274 e. The van der Waals surface area contributed by atoms with Crippen LogP contribution in [-0.2, 0) is 7.05 Å². The second-order valence-corrected chi connectivity index (χ2v) is 8.43. The van der Waals surface area contributed by atoms with Crippen molar-refractivity contribution in [2.24, 2.45) is 7.05 Å². The Morgan fingerprint density at radius 1 is 1.21 bits per heavy atom. The number of aromatic amines is 1. The molecule has 2 aromatic carbocycles. The Morgan fingerprint density at radius 3 is 2.85 bits per heavy atom. The quantitative estimate of drug-likeness (QED) is 0.329. The molecule has 9 nitrogen and oxygen atoms in total. The highest BCUT2D eigenvalue weighted by molar-refractivity contribution is 7.10. The fourth-order valence-corrected chi connectivity index (χ4v) is 4.21. The van der Waals surface area contributed by atoms with Crippen molar-refractivity contribution in [3.8, 4) is 11.4 Å². The predicted octanol–water partition coefficient (Wildman–Crippen LogP) is 4.57. The maximum atomic E-state index is 14.0. The van der Waals surface area contributed by atoms with Gasteiger partial charge in [-0.05, 0) is 30.3 Å². The van der Waals surface area contributed by atoms with Crippen molar-refractivity contribution in [3.05, 3.63) is 81.6 Å². The number of carbonyl (C=O) groups excluding carboxylic acids is 1. The summed E-state index contributed by atoms with van der Waals surface area (Å²) in [6.07, 6.45) is 3.19. The number of carbonyl (C=O) groups is 1. The van der Waals surface area contributed by atoms with Crippen LogP contribution in [0.25, 0.3) is 22.3 Å². The van der Waals surface area contributed by atoms with Gasteiger partial charge in [-0.25, -0.2) is 4.39 Å². The molecule has 0 atom stereocenters. The van der Waals surface area contributed by atoms with Crippen LogP contribution in [0.15, 0.2) is 59.7 Å². The lowest BCUT2D eigenvalue weighted by Crippen LogP contribution is -2.24. The summed E-state index contributed by atoms with van der Waals surface area (Å²) < 4.78 is 19.6. The van der Waals surface area contributed by atoms with Gasteiger partial charge in [0.25, 0.3) is 11.5 Å². The van der Waals surface area contributed by atoms with Crippen molar-refractivity contribution in [2.75, 3.05) is 10.6 Å². The Labute approximate surface area is 200 Å². The fraction of sp³-hybridized carbons (Fsp3) is 0.0455. The van der Waals surface area contributed by atoms with Gasteiger partial charge in [0.1, 0.15) is 11.5 Å². The number of rotatable bonds is 5. The molecule has 0 aliphatic rings. The van der Waals surface area contributed by atoms with Crippen LogP contribution in [-0.4, -0.2) is 30.0 Å². The van der Waals surface area contributed by atoms with Gasteiger partial charge in [-0.15, -0.1) is 0 Å². The number of benzene rings is 2. The predicted molar refractivity (Wildman–Crippen MR) is 129 cm³/mol. The van der Waals surface area contributed by atoms with Gasteiger partial charge in [-0.3, -0.25) is 14.7 Å². The Hall–Kier alpha value is -4.09. The van der Waals surface area contributed by atoms with E-state index in [0.29, 0.717) is 27.2 Å². The molecule has 0 aliphatic heterocycles. The first kappa shape index (κ1) is 21.7. The van der Waals surface area contributed by atoms with Gasteiger partial charge in [-0.1, -0.05) is 23.7 Å². The van der Waals surface area contributed by atoms with Crippen LogP contribution < -0.4 is 16.2 Å². The molecule has 3 aromatic heterocycles. The molecule has 0 radical (unpaired) electrons. The number of aryl methyl sites for hydroxylation is 1. The smallest absolute Gasteiger partial charge is 0.274 e. The number of nitrogens with one attached hydrogen (secondary N) is 3. The summed E-state index contributed by atoms with van der Waals surface area (Å²) in [6.45, 7) is 0. The number of pyridine rings is 1. The van der Waals surface area contributed by atoms with Crippen LogP contribution in [0.1, 0.15) is 10.4 Å². The molecule has 0 unspecified atom stereocenters. The van der Waals surface area contributed by atoms with Gasteiger partial charge in [0.15, 0.2) is 5.82 Å². The molecule has 170 valence electrons. The van der Waals surface area contributed by atoms with Crippen molar-refractivity contribution in [2.45, 2.75) is 0 Å². The van der Waals surface area contributed by atoms with E-state index in [1.807, 2.05) is 6.07 Å². The van der Waals surface area contributed by atoms with Gasteiger partial charge in [0, 0.05) is 35.7 Å². The molecular weight excluding hydrogens is 481 g/mol. The Balaban J connectivity index is 1.43. The third kappa shape index (κ3) is 4.02. The summed E-state index contributed by atoms with van der Waals surface area (Å²) in [4.78, 5) is 29.5. The van der Waals surface area contributed by atoms with Gasteiger partial charge < -0.3 is 15.2 Å². The number of aromatic nitrogens is 5. The van der Waals surface area contributed by atoms with Gasteiger partial charge >= 0.3 is 0 Å².